The molecule has 2 aromatic carbocycles. The summed E-state index contributed by atoms with van der Waals surface area (Å²) in [5.41, 5.74) is 3.00. The molecule has 10 heteroatoms. The number of nitrogens with zero attached hydrogens (tertiary/aromatic N) is 2. The van der Waals surface area contributed by atoms with Crippen LogP contribution in [0.4, 0.5) is 0 Å². The summed E-state index contributed by atoms with van der Waals surface area (Å²) in [6.07, 6.45) is -6.61. The normalized spacial score (nSPS) is 22.9. The second kappa shape index (κ2) is 12.8. The lowest BCUT2D eigenvalue weighted by atomic mass is 9.99. The number of carbonyl (C=O) groups is 1. The second-order valence-corrected chi connectivity index (χ2v) is 10.5. The van der Waals surface area contributed by atoms with Gasteiger partial charge in [-0.05, 0) is 64.4 Å². The number of aliphatic hydroxyl groups is 3. The lowest BCUT2D eigenvalue weighted by molar-refractivity contribution is -0.278. The van der Waals surface area contributed by atoms with Crippen LogP contribution in [0.3, 0.4) is 0 Å². The molecular weight excluding hydrogens is 516 g/mol. The summed E-state index contributed by atoms with van der Waals surface area (Å²) in [5.74, 6) is 0.407. The van der Waals surface area contributed by atoms with Crippen LogP contribution in [0, 0.1) is 6.92 Å². The van der Waals surface area contributed by atoms with E-state index in [1.54, 1.807) is 30.3 Å². The molecule has 0 saturated carbocycles. The van der Waals surface area contributed by atoms with Crippen molar-refractivity contribution in [2.45, 2.75) is 83.9 Å². The van der Waals surface area contributed by atoms with Gasteiger partial charge in [-0.15, -0.1) is 5.10 Å². The first-order chi connectivity index (χ1) is 19.0. The van der Waals surface area contributed by atoms with E-state index in [2.05, 4.69) is 5.10 Å². The zero-order valence-electron chi connectivity index (χ0n) is 23.4. The van der Waals surface area contributed by atoms with E-state index in [-0.39, 0.29) is 24.6 Å². The van der Waals surface area contributed by atoms with Gasteiger partial charge in [0, 0.05) is 23.7 Å². The predicted molar refractivity (Wildman–Crippen MR) is 146 cm³/mol. The molecule has 10 nitrogen and oxygen atoms in total. The molecule has 0 spiro atoms. The van der Waals surface area contributed by atoms with Crippen molar-refractivity contribution < 1.29 is 39.1 Å². The number of hydrogen-bond donors (Lipinski definition) is 3. The molecule has 216 valence electrons. The fourth-order valence-corrected chi connectivity index (χ4v) is 4.57. The van der Waals surface area contributed by atoms with E-state index in [1.807, 2.05) is 63.6 Å². The van der Waals surface area contributed by atoms with Crippen molar-refractivity contribution in [3.63, 3.8) is 0 Å². The van der Waals surface area contributed by atoms with Crippen molar-refractivity contribution in [2.75, 3.05) is 6.61 Å². The highest BCUT2D eigenvalue weighted by atomic mass is 16.7. The quantitative estimate of drug-likeness (QED) is 0.323. The molecule has 0 aliphatic carbocycles. The van der Waals surface area contributed by atoms with E-state index in [0.717, 1.165) is 22.6 Å². The Bertz CT molecular complexity index is 1260. The summed E-state index contributed by atoms with van der Waals surface area (Å²) in [6, 6.07) is 16.2. The SMILES string of the molecule is Cc1c(Cc2ccc(OC(C)C)cc2)c(O[C@@H]2O[C@H](COC(=O)c3ccccc3)[C@@H](O)[C@H](O)[C@H]2O)nn1C(C)C. The maximum absolute atomic E-state index is 12.4. The number of carbonyl (C=O) groups excluding carboxylic acids is 1. The Balaban J connectivity index is 1.52. The zero-order valence-corrected chi connectivity index (χ0v) is 23.4. The van der Waals surface area contributed by atoms with Crippen LogP contribution in [0.5, 0.6) is 11.6 Å². The molecule has 0 amide bonds. The molecule has 1 aromatic heterocycles. The van der Waals surface area contributed by atoms with E-state index < -0.39 is 36.7 Å². The largest absolute Gasteiger partial charge is 0.491 e. The van der Waals surface area contributed by atoms with Gasteiger partial charge in [-0.1, -0.05) is 30.3 Å². The van der Waals surface area contributed by atoms with Gasteiger partial charge in [0.1, 0.15) is 36.8 Å². The molecule has 0 unspecified atom stereocenters. The monoisotopic (exact) mass is 554 g/mol. The minimum Gasteiger partial charge on any atom is -0.491 e. The Hall–Kier alpha value is -3.44. The standard InChI is InChI=1S/C30H38N2O8/c1-17(2)32-19(5)23(15-20-11-13-22(14-12-20)38-18(3)4)28(31-32)40-30-27(35)26(34)25(33)24(39-30)16-37-29(36)21-9-7-6-8-10-21/h6-14,17-18,24-27,30,33-35H,15-16H2,1-5H3/t24-,25-,26+,27-,30+/m1/s1. The van der Waals surface area contributed by atoms with Crippen LogP contribution in [0.25, 0.3) is 0 Å². The Morgan fingerprint density at radius 3 is 2.27 bits per heavy atom. The summed E-state index contributed by atoms with van der Waals surface area (Å²) in [4.78, 5) is 12.4. The molecule has 0 radical (unpaired) electrons. The summed E-state index contributed by atoms with van der Waals surface area (Å²) in [7, 11) is 0. The average molecular weight is 555 g/mol. The van der Waals surface area contributed by atoms with Crippen LogP contribution < -0.4 is 9.47 Å². The van der Waals surface area contributed by atoms with Gasteiger partial charge >= 0.3 is 5.97 Å². The van der Waals surface area contributed by atoms with E-state index in [4.69, 9.17) is 18.9 Å². The maximum atomic E-state index is 12.4. The summed E-state index contributed by atoms with van der Waals surface area (Å²) in [6.45, 7) is 9.51. The van der Waals surface area contributed by atoms with Gasteiger partial charge in [-0.3, -0.25) is 4.68 Å². The van der Waals surface area contributed by atoms with Crippen LogP contribution in [-0.2, 0) is 15.9 Å². The minimum atomic E-state index is -1.59. The Morgan fingerprint density at radius 1 is 0.975 bits per heavy atom. The third-order valence-electron chi connectivity index (χ3n) is 6.69. The lowest BCUT2D eigenvalue weighted by Crippen LogP contribution is -2.60. The van der Waals surface area contributed by atoms with Crippen molar-refractivity contribution in [1.29, 1.82) is 0 Å². The van der Waals surface area contributed by atoms with Crippen molar-refractivity contribution in [2.24, 2.45) is 0 Å². The molecule has 1 aliphatic rings. The fraction of sp³-hybridized carbons (Fsp3) is 0.467. The van der Waals surface area contributed by atoms with Gasteiger partial charge in [-0.25, -0.2) is 4.79 Å². The zero-order chi connectivity index (χ0) is 29.0. The number of ether oxygens (including phenoxy) is 4. The number of aromatic nitrogens is 2. The number of rotatable bonds is 10. The highest BCUT2D eigenvalue weighted by molar-refractivity contribution is 5.89. The molecule has 2 heterocycles. The van der Waals surface area contributed by atoms with Gasteiger partial charge in [0.15, 0.2) is 0 Å². The average Bonchev–Trinajstić information content (AvgIpc) is 3.24. The van der Waals surface area contributed by atoms with Gasteiger partial charge in [0.25, 0.3) is 0 Å². The first kappa shape index (κ1) is 29.5. The van der Waals surface area contributed by atoms with Crippen molar-refractivity contribution in [3.8, 4) is 11.6 Å². The molecule has 0 bridgehead atoms. The highest BCUT2D eigenvalue weighted by Gasteiger charge is 2.46. The molecule has 3 aromatic rings. The Morgan fingerprint density at radius 2 is 1.65 bits per heavy atom. The van der Waals surface area contributed by atoms with Gasteiger partial charge in [0.05, 0.1) is 11.7 Å². The number of hydrogen-bond acceptors (Lipinski definition) is 9. The van der Waals surface area contributed by atoms with E-state index in [0.29, 0.717) is 12.0 Å². The minimum absolute atomic E-state index is 0.0349. The van der Waals surface area contributed by atoms with Crippen LogP contribution in [0.1, 0.15) is 60.9 Å². The van der Waals surface area contributed by atoms with Gasteiger partial charge in [0.2, 0.25) is 12.2 Å². The lowest BCUT2D eigenvalue weighted by Gasteiger charge is -2.39. The molecule has 1 fully saturated rings. The molecule has 4 rings (SSSR count). The summed E-state index contributed by atoms with van der Waals surface area (Å²) >= 11 is 0. The van der Waals surface area contributed by atoms with Gasteiger partial charge < -0.3 is 34.3 Å². The first-order valence-electron chi connectivity index (χ1n) is 13.5. The Labute approximate surface area is 234 Å². The predicted octanol–water partition coefficient (Wildman–Crippen LogP) is 3.19. The van der Waals surface area contributed by atoms with Crippen LogP contribution in [0.15, 0.2) is 54.6 Å². The second-order valence-electron chi connectivity index (χ2n) is 10.5. The molecule has 1 aliphatic heterocycles. The topological polar surface area (TPSA) is 132 Å². The third-order valence-corrected chi connectivity index (χ3v) is 6.69. The third kappa shape index (κ3) is 6.82. The fourth-order valence-electron chi connectivity index (χ4n) is 4.57. The van der Waals surface area contributed by atoms with E-state index >= 15 is 0 Å². The highest BCUT2D eigenvalue weighted by Crippen LogP contribution is 2.31. The number of esters is 1. The first-order valence-corrected chi connectivity index (χ1v) is 13.5. The molecule has 3 N–H and O–H groups in total. The van der Waals surface area contributed by atoms with Crippen molar-refractivity contribution >= 4 is 5.97 Å². The summed E-state index contributed by atoms with van der Waals surface area (Å²) < 4.78 is 24.7. The number of aliphatic hydroxyl groups excluding tert-OH is 3. The molecular formula is C30H38N2O8. The summed E-state index contributed by atoms with van der Waals surface area (Å²) in [5, 5.41) is 36.4. The van der Waals surface area contributed by atoms with Gasteiger partial charge in [-0.2, -0.15) is 0 Å². The van der Waals surface area contributed by atoms with Crippen molar-refractivity contribution in [1.82, 2.24) is 9.78 Å². The molecule has 5 atom stereocenters. The van der Waals surface area contributed by atoms with Crippen molar-refractivity contribution in [3.05, 3.63) is 77.0 Å². The number of benzene rings is 2. The van der Waals surface area contributed by atoms with Crippen LogP contribution in [0.2, 0.25) is 0 Å². The van der Waals surface area contributed by atoms with Crippen LogP contribution in [-0.4, -0.2) is 74.5 Å². The van der Waals surface area contributed by atoms with E-state index in [9.17, 15) is 20.1 Å². The van der Waals surface area contributed by atoms with E-state index in [1.165, 1.54) is 0 Å². The molecule has 1 saturated heterocycles. The molecule has 40 heavy (non-hydrogen) atoms. The maximum Gasteiger partial charge on any atom is 0.338 e. The Kier molecular flexibility index (Phi) is 9.47. The smallest absolute Gasteiger partial charge is 0.338 e. The van der Waals surface area contributed by atoms with Crippen LogP contribution >= 0.6 is 0 Å².